The number of methoxy groups -OCH3 is 2. The highest BCUT2D eigenvalue weighted by atomic mass is 16.5. The Morgan fingerprint density at radius 3 is 2.26 bits per heavy atom. The van der Waals surface area contributed by atoms with Gasteiger partial charge in [0.15, 0.2) is 11.5 Å². The van der Waals surface area contributed by atoms with Crippen molar-refractivity contribution in [2.45, 2.75) is 50.5 Å². The Morgan fingerprint density at radius 2 is 1.74 bits per heavy atom. The second-order valence-corrected chi connectivity index (χ2v) is 6.79. The summed E-state index contributed by atoms with van der Waals surface area (Å²) in [6.45, 7) is 5.41. The van der Waals surface area contributed by atoms with Crippen LogP contribution in [0.25, 0.3) is 0 Å². The Kier molecular flexibility index (Phi) is 4.92. The van der Waals surface area contributed by atoms with Gasteiger partial charge >= 0.3 is 0 Å². The van der Waals surface area contributed by atoms with Crippen LogP contribution in [-0.2, 0) is 12.0 Å². The lowest BCUT2D eigenvalue weighted by atomic mass is 9.75. The number of aliphatic hydroxyl groups excluding tert-OH is 2. The fourth-order valence-corrected chi connectivity index (χ4v) is 3.13. The third kappa shape index (κ3) is 3.17. The molecule has 130 valence electrons. The third-order valence-electron chi connectivity index (χ3n) is 4.67. The molecule has 0 saturated carbocycles. The number of fused-ring (bicyclic) bond motifs is 1. The first kappa shape index (κ1) is 18.0. The maximum atomic E-state index is 10.7. The molecule has 1 aliphatic rings. The van der Waals surface area contributed by atoms with Crippen LogP contribution in [-0.4, -0.2) is 53.9 Å². The molecule has 6 heteroatoms. The van der Waals surface area contributed by atoms with Crippen molar-refractivity contribution in [1.29, 1.82) is 0 Å². The summed E-state index contributed by atoms with van der Waals surface area (Å²) in [7, 11) is 3.14. The smallest absolute Gasteiger partial charge is 0.161 e. The van der Waals surface area contributed by atoms with Crippen molar-refractivity contribution in [3.63, 3.8) is 0 Å². The molecule has 4 N–H and O–H groups in total. The summed E-state index contributed by atoms with van der Waals surface area (Å²) in [5.74, 6) is 1.19. The lowest BCUT2D eigenvalue weighted by Crippen LogP contribution is -2.61. The number of aliphatic hydroxyl groups is 3. The molecular formula is C17H27NO5. The third-order valence-corrected chi connectivity index (χ3v) is 4.67. The van der Waals surface area contributed by atoms with Gasteiger partial charge in [-0.25, -0.2) is 0 Å². The van der Waals surface area contributed by atoms with E-state index in [4.69, 9.17) is 9.47 Å². The first-order chi connectivity index (χ1) is 10.6. The number of nitrogens with one attached hydrogen (secondary N) is 1. The summed E-state index contributed by atoms with van der Waals surface area (Å²) in [6.07, 6.45) is -1.73. The molecule has 0 fully saturated rings. The van der Waals surface area contributed by atoms with Crippen LogP contribution in [0, 0.1) is 0 Å². The summed E-state index contributed by atoms with van der Waals surface area (Å²) in [5.41, 5.74) is -0.478. The zero-order valence-electron chi connectivity index (χ0n) is 14.4. The lowest BCUT2D eigenvalue weighted by molar-refractivity contribution is -0.132. The Bertz CT molecular complexity index is 569. The lowest BCUT2D eigenvalue weighted by Gasteiger charge is -2.44. The second-order valence-electron chi connectivity index (χ2n) is 6.79. The highest BCUT2D eigenvalue weighted by Gasteiger charge is 2.46. The van der Waals surface area contributed by atoms with E-state index in [1.54, 1.807) is 14.2 Å². The molecule has 0 unspecified atom stereocenters. The minimum absolute atomic E-state index is 0.561. The number of benzene rings is 1. The van der Waals surface area contributed by atoms with Crippen LogP contribution >= 0.6 is 0 Å². The Hall–Kier alpha value is -1.34. The van der Waals surface area contributed by atoms with E-state index in [-0.39, 0.29) is 0 Å². The monoisotopic (exact) mass is 325 g/mol. The van der Waals surface area contributed by atoms with E-state index in [1.165, 1.54) is 13.8 Å². The Morgan fingerprint density at radius 1 is 1.17 bits per heavy atom. The molecule has 0 bridgehead atoms. The van der Waals surface area contributed by atoms with Gasteiger partial charge in [-0.05, 0) is 50.5 Å². The van der Waals surface area contributed by atoms with E-state index in [2.05, 4.69) is 5.32 Å². The molecule has 1 aromatic rings. The highest BCUT2D eigenvalue weighted by Crippen LogP contribution is 2.40. The molecule has 0 aliphatic carbocycles. The van der Waals surface area contributed by atoms with Gasteiger partial charge in [-0.1, -0.05) is 0 Å². The van der Waals surface area contributed by atoms with E-state index in [1.807, 2.05) is 19.1 Å². The number of hydrogen-bond donors (Lipinski definition) is 4. The van der Waals surface area contributed by atoms with Gasteiger partial charge in [0.25, 0.3) is 0 Å². The molecule has 0 aromatic heterocycles. The zero-order chi connectivity index (χ0) is 17.4. The van der Waals surface area contributed by atoms with Crippen LogP contribution in [0.3, 0.4) is 0 Å². The van der Waals surface area contributed by atoms with Crippen LogP contribution < -0.4 is 14.8 Å². The molecule has 23 heavy (non-hydrogen) atoms. The van der Waals surface area contributed by atoms with Gasteiger partial charge in [0.2, 0.25) is 0 Å². The van der Waals surface area contributed by atoms with Gasteiger partial charge in [0, 0.05) is 6.54 Å². The topological polar surface area (TPSA) is 91.2 Å². The van der Waals surface area contributed by atoms with E-state index >= 15 is 0 Å². The van der Waals surface area contributed by atoms with Gasteiger partial charge in [-0.15, -0.1) is 0 Å². The first-order valence-electron chi connectivity index (χ1n) is 7.74. The van der Waals surface area contributed by atoms with Gasteiger partial charge in [-0.2, -0.15) is 0 Å². The molecule has 2 rings (SSSR count). The molecule has 1 aliphatic heterocycles. The van der Waals surface area contributed by atoms with Crippen LogP contribution in [0.4, 0.5) is 0 Å². The molecule has 3 atom stereocenters. The summed E-state index contributed by atoms with van der Waals surface area (Å²) in [4.78, 5) is 0. The Labute approximate surface area is 137 Å². The minimum atomic E-state index is -1.42. The largest absolute Gasteiger partial charge is 0.493 e. The van der Waals surface area contributed by atoms with Crippen molar-refractivity contribution in [2.75, 3.05) is 20.8 Å². The summed E-state index contributed by atoms with van der Waals surface area (Å²) in [5, 5.41) is 34.4. The van der Waals surface area contributed by atoms with Crippen LogP contribution in [0.1, 0.15) is 31.9 Å². The van der Waals surface area contributed by atoms with E-state index in [0.29, 0.717) is 18.0 Å². The SMILES string of the molecule is COc1cc2c(cc1OC)[C@@](C)([C@H](O)[C@@H](O)C(C)(C)O)NCC2. The van der Waals surface area contributed by atoms with Crippen molar-refractivity contribution < 1.29 is 24.8 Å². The number of rotatable bonds is 5. The van der Waals surface area contributed by atoms with Crippen molar-refractivity contribution in [3.05, 3.63) is 23.3 Å². The molecule has 0 amide bonds. The molecule has 1 heterocycles. The Balaban J connectivity index is 2.51. The van der Waals surface area contributed by atoms with Crippen LogP contribution in [0.2, 0.25) is 0 Å². The molecule has 0 saturated heterocycles. The summed E-state index contributed by atoms with van der Waals surface area (Å²) < 4.78 is 10.7. The molecule has 1 aromatic carbocycles. The minimum Gasteiger partial charge on any atom is -0.493 e. The maximum absolute atomic E-state index is 10.7. The van der Waals surface area contributed by atoms with Gasteiger partial charge in [0.05, 0.1) is 25.4 Å². The molecule has 0 radical (unpaired) electrons. The summed E-state index contributed by atoms with van der Waals surface area (Å²) in [6, 6.07) is 3.72. The summed E-state index contributed by atoms with van der Waals surface area (Å²) >= 11 is 0. The van der Waals surface area contributed by atoms with Gasteiger partial charge in [0.1, 0.15) is 12.2 Å². The van der Waals surface area contributed by atoms with Gasteiger partial charge in [-0.3, -0.25) is 0 Å². The van der Waals surface area contributed by atoms with E-state index in [0.717, 1.165) is 17.5 Å². The average Bonchev–Trinajstić information content (AvgIpc) is 2.51. The van der Waals surface area contributed by atoms with Crippen molar-refractivity contribution >= 4 is 0 Å². The first-order valence-corrected chi connectivity index (χ1v) is 7.74. The van der Waals surface area contributed by atoms with E-state index < -0.39 is 23.3 Å². The zero-order valence-corrected chi connectivity index (χ0v) is 14.4. The molecule has 0 spiro atoms. The predicted octanol–water partition coefficient (Wildman–Crippen LogP) is 0.557. The number of ether oxygens (including phenoxy) is 2. The fraction of sp³-hybridized carbons (Fsp3) is 0.647. The fourth-order valence-electron chi connectivity index (χ4n) is 3.13. The highest BCUT2D eigenvalue weighted by molar-refractivity contribution is 5.51. The maximum Gasteiger partial charge on any atom is 0.161 e. The predicted molar refractivity (Wildman–Crippen MR) is 86.9 cm³/mol. The normalized spacial score (nSPS) is 23.8. The average molecular weight is 325 g/mol. The molecule has 6 nitrogen and oxygen atoms in total. The van der Waals surface area contributed by atoms with Crippen molar-refractivity contribution in [3.8, 4) is 11.5 Å². The van der Waals surface area contributed by atoms with E-state index in [9.17, 15) is 15.3 Å². The van der Waals surface area contributed by atoms with Crippen molar-refractivity contribution in [2.24, 2.45) is 0 Å². The molecular weight excluding hydrogens is 298 g/mol. The number of hydrogen-bond acceptors (Lipinski definition) is 6. The van der Waals surface area contributed by atoms with Crippen LogP contribution in [0.15, 0.2) is 12.1 Å². The second kappa shape index (κ2) is 6.28. The standard InChI is InChI=1S/C17H27NO5/c1-16(2,21)14(19)15(20)17(3)11-9-13(23-5)12(22-4)8-10(11)6-7-18-17/h8-9,14-15,18-21H,6-7H2,1-5H3/t14-,15-,17+/m1/s1. The van der Waals surface area contributed by atoms with Gasteiger partial charge < -0.3 is 30.1 Å². The van der Waals surface area contributed by atoms with Crippen molar-refractivity contribution in [1.82, 2.24) is 5.32 Å². The van der Waals surface area contributed by atoms with Crippen LogP contribution in [0.5, 0.6) is 11.5 Å². The quantitative estimate of drug-likeness (QED) is 0.632.